The van der Waals surface area contributed by atoms with Crippen molar-refractivity contribution in [2.24, 2.45) is 0 Å². The van der Waals surface area contributed by atoms with E-state index in [0.717, 1.165) is 0 Å². The minimum absolute atomic E-state index is 0.00778. The summed E-state index contributed by atoms with van der Waals surface area (Å²) in [6.07, 6.45) is -4.82. The van der Waals surface area contributed by atoms with Crippen molar-refractivity contribution in [1.29, 1.82) is 0 Å². The Balaban J connectivity index is 3.18. The maximum Gasteiger partial charge on any atom is 0.573 e. The molecule has 0 saturated heterocycles. The summed E-state index contributed by atoms with van der Waals surface area (Å²) in [4.78, 5) is 0. The Morgan fingerprint density at radius 2 is 2.00 bits per heavy atom. The van der Waals surface area contributed by atoms with Crippen LogP contribution in [-0.4, -0.2) is 11.5 Å². The fourth-order valence-electron chi connectivity index (χ4n) is 0.962. The summed E-state index contributed by atoms with van der Waals surface area (Å²) in [5, 5.41) is 8.82. The van der Waals surface area contributed by atoms with Crippen LogP contribution in [-0.2, 0) is 6.61 Å². The van der Waals surface area contributed by atoms with E-state index in [1.54, 1.807) is 0 Å². The Morgan fingerprint density at radius 3 is 2.47 bits per heavy atom. The smallest absolute Gasteiger partial charge is 0.404 e. The third-order valence-corrected chi connectivity index (χ3v) is 2.41. The van der Waals surface area contributed by atoms with Crippen LogP contribution in [0.15, 0.2) is 16.6 Å². The predicted octanol–water partition coefficient (Wildman–Crippen LogP) is 2.42. The number of anilines is 1. The minimum Gasteiger partial charge on any atom is -0.404 e. The SMILES string of the molecule is Nc1ccc(CO)c(OC(F)(F)F)c1Br. The third kappa shape index (κ3) is 3.00. The minimum atomic E-state index is -4.82. The van der Waals surface area contributed by atoms with Crippen molar-refractivity contribution in [2.75, 3.05) is 5.73 Å². The van der Waals surface area contributed by atoms with Gasteiger partial charge in [-0.2, -0.15) is 0 Å². The van der Waals surface area contributed by atoms with Crippen molar-refractivity contribution in [3.8, 4) is 5.75 Å². The Bertz CT molecular complexity index is 368. The quantitative estimate of drug-likeness (QED) is 0.821. The predicted molar refractivity (Wildman–Crippen MR) is 51.2 cm³/mol. The fraction of sp³-hybridized carbons (Fsp3) is 0.250. The van der Waals surface area contributed by atoms with Crippen LogP contribution in [0.2, 0.25) is 0 Å². The Hall–Kier alpha value is -0.950. The average Bonchev–Trinajstić information content (AvgIpc) is 2.11. The fourth-order valence-corrected chi connectivity index (χ4v) is 1.43. The molecule has 0 aliphatic heterocycles. The summed E-state index contributed by atoms with van der Waals surface area (Å²) in [5.74, 6) is -0.509. The first-order chi connectivity index (χ1) is 6.85. The standard InChI is InChI=1S/C8H7BrF3NO2/c9-6-5(13)2-1-4(3-14)7(6)15-8(10,11)12/h1-2,14H,3,13H2. The molecule has 0 amide bonds. The molecule has 3 N–H and O–H groups in total. The highest BCUT2D eigenvalue weighted by Gasteiger charge is 2.33. The van der Waals surface area contributed by atoms with Gasteiger partial charge in [-0.1, -0.05) is 6.07 Å². The largest absolute Gasteiger partial charge is 0.573 e. The van der Waals surface area contributed by atoms with E-state index in [4.69, 9.17) is 10.8 Å². The number of rotatable bonds is 2. The maximum absolute atomic E-state index is 12.0. The second-order valence-electron chi connectivity index (χ2n) is 2.66. The number of aliphatic hydroxyl groups excluding tert-OH is 1. The molecule has 0 heterocycles. The van der Waals surface area contributed by atoms with Crippen LogP contribution in [0.1, 0.15) is 5.56 Å². The second-order valence-corrected chi connectivity index (χ2v) is 3.46. The molecule has 84 valence electrons. The highest BCUT2D eigenvalue weighted by atomic mass is 79.9. The van der Waals surface area contributed by atoms with E-state index in [1.807, 2.05) is 0 Å². The lowest BCUT2D eigenvalue weighted by Crippen LogP contribution is -2.18. The van der Waals surface area contributed by atoms with Gasteiger partial charge in [0.05, 0.1) is 11.1 Å². The molecule has 7 heteroatoms. The summed E-state index contributed by atoms with van der Waals surface area (Å²) < 4.78 is 39.7. The van der Waals surface area contributed by atoms with Gasteiger partial charge in [0.2, 0.25) is 0 Å². The van der Waals surface area contributed by atoms with Crippen molar-refractivity contribution in [3.05, 3.63) is 22.2 Å². The van der Waals surface area contributed by atoms with Gasteiger partial charge in [-0.15, -0.1) is 13.2 Å². The topological polar surface area (TPSA) is 55.5 Å². The molecule has 0 aliphatic rings. The van der Waals surface area contributed by atoms with Crippen molar-refractivity contribution in [2.45, 2.75) is 13.0 Å². The number of aliphatic hydroxyl groups is 1. The van der Waals surface area contributed by atoms with Crippen LogP contribution < -0.4 is 10.5 Å². The van der Waals surface area contributed by atoms with Crippen molar-refractivity contribution < 1.29 is 23.0 Å². The molecule has 0 aromatic heterocycles. The van der Waals surface area contributed by atoms with Gasteiger partial charge < -0.3 is 15.6 Å². The first-order valence-electron chi connectivity index (χ1n) is 3.78. The summed E-state index contributed by atoms with van der Waals surface area (Å²) in [6.45, 7) is -0.565. The van der Waals surface area contributed by atoms with E-state index in [-0.39, 0.29) is 15.7 Å². The molecule has 0 bridgehead atoms. The summed E-state index contributed by atoms with van der Waals surface area (Å²) in [5.41, 5.74) is 5.50. The summed E-state index contributed by atoms with van der Waals surface area (Å²) >= 11 is 2.86. The molecule has 15 heavy (non-hydrogen) atoms. The third-order valence-electron chi connectivity index (χ3n) is 1.60. The highest BCUT2D eigenvalue weighted by Crippen LogP contribution is 2.37. The first kappa shape index (κ1) is 12.1. The van der Waals surface area contributed by atoms with Gasteiger partial charge in [0.15, 0.2) is 5.75 Å². The van der Waals surface area contributed by atoms with Crippen LogP contribution in [0, 0.1) is 0 Å². The Morgan fingerprint density at radius 1 is 1.40 bits per heavy atom. The first-order valence-corrected chi connectivity index (χ1v) is 4.58. The molecule has 1 aromatic carbocycles. The van der Waals surface area contributed by atoms with E-state index in [1.165, 1.54) is 12.1 Å². The normalized spacial score (nSPS) is 11.5. The van der Waals surface area contributed by atoms with Crippen molar-refractivity contribution in [3.63, 3.8) is 0 Å². The zero-order valence-electron chi connectivity index (χ0n) is 7.31. The number of hydrogen-bond acceptors (Lipinski definition) is 3. The van der Waals surface area contributed by atoms with Gasteiger partial charge in [0.25, 0.3) is 0 Å². The zero-order chi connectivity index (χ0) is 11.6. The lowest BCUT2D eigenvalue weighted by Gasteiger charge is -2.14. The van der Waals surface area contributed by atoms with Crippen molar-refractivity contribution >= 4 is 21.6 Å². The molecule has 0 atom stereocenters. The number of halogens is 4. The zero-order valence-corrected chi connectivity index (χ0v) is 8.89. The molecular weight excluding hydrogens is 279 g/mol. The van der Waals surface area contributed by atoms with E-state index < -0.39 is 18.7 Å². The van der Waals surface area contributed by atoms with Gasteiger partial charge >= 0.3 is 6.36 Å². The van der Waals surface area contributed by atoms with Crippen LogP contribution in [0.4, 0.5) is 18.9 Å². The molecule has 1 aromatic rings. The van der Waals surface area contributed by atoms with Gasteiger partial charge in [0, 0.05) is 11.3 Å². The average molecular weight is 286 g/mol. The van der Waals surface area contributed by atoms with Gasteiger partial charge in [-0.3, -0.25) is 0 Å². The van der Waals surface area contributed by atoms with Gasteiger partial charge in [-0.05, 0) is 22.0 Å². The lowest BCUT2D eigenvalue weighted by atomic mass is 10.2. The number of ether oxygens (including phenoxy) is 1. The van der Waals surface area contributed by atoms with E-state index in [2.05, 4.69) is 20.7 Å². The molecule has 0 radical (unpaired) electrons. The number of nitrogen functional groups attached to an aromatic ring is 1. The molecule has 0 spiro atoms. The molecule has 0 unspecified atom stereocenters. The molecule has 0 saturated carbocycles. The van der Waals surface area contributed by atoms with Crippen LogP contribution >= 0.6 is 15.9 Å². The summed E-state index contributed by atoms with van der Waals surface area (Å²) in [7, 11) is 0. The van der Waals surface area contributed by atoms with E-state index in [9.17, 15) is 13.2 Å². The number of benzene rings is 1. The maximum atomic E-state index is 12.0. The monoisotopic (exact) mass is 285 g/mol. The van der Waals surface area contributed by atoms with Crippen LogP contribution in [0.3, 0.4) is 0 Å². The molecule has 0 fully saturated rings. The molecular formula is C8H7BrF3NO2. The summed E-state index contributed by atoms with van der Waals surface area (Å²) in [6, 6.07) is 2.64. The van der Waals surface area contributed by atoms with Gasteiger partial charge in [0.1, 0.15) is 0 Å². The van der Waals surface area contributed by atoms with E-state index in [0.29, 0.717) is 0 Å². The Kier molecular flexibility index (Phi) is 3.46. The second kappa shape index (κ2) is 4.28. The van der Waals surface area contributed by atoms with Crippen LogP contribution in [0.25, 0.3) is 0 Å². The van der Waals surface area contributed by atoms with E-state index >= 15 is 0 Å². The molecule has 1 rings (SSSR count). The number of hydrogen-bond donors (Lipinski definition) is 2. The van der Waals surface area contributed by atoms with Crippen molar-refractivity contribution in [1.82, 2.24) is 0 Å². The Labute approximate surface area is 91.8 Å². The number of alkyl halides is 3. The molecule has 3 nitrogen and oxygen atoms in total. The lowest BCUT2D eigenvalue weighted by molar-refractivity contribution is -0.275. The van der Waals surface area contributed by atoms with Gasteiger partial charge in [-0.25, -0.2) is 0 Å². The van der Waals surface area contributed by atoms with Crippen LogP contribution in [0.5, 0.6) is 5.75 Å². The molecule has 0 aliphatic carbocycles. The highest BCUT2D eigenvalue weighted by molar-refractivity contribution is 9.10. The number of nitrogens with two attached hydrogens (primary N) is 1.